The van der Waals surface area contributed by atoms with Gasteiger partial charge in [-0.05, 0) is 20.8 Å². The molecule has 0 radical (unpaired) electrons. The topological polar surface area (TPSA) is 93.4 Å². The fourth-order valence-electron chi connectivity index (χ4n) is 2.22. The molecular weight excluding hydrogens is 262 g/mol. The number of aryl methyl sites for hydroxylation is 2. The Morgan fingerprint density at radius 1 is 1.45 bits per heavy atom. The fourth-order valence-corrected chi connectivity index (χ4v) is 2.22. The molecule has 1 amide bonds. The number of nitrogens with zero attached hydrogens (tertiary/aromatic N) is 2. The van der Waals surface area contributed by atoms with Gasteiger partial charge in [0.15, 0.2) is 0 Å². The van der Waals surface area contributed by atoms with Gasteiger partial charge in [0.25, 0.3) is 5.91 Å². The van der Waals surface area contributed by atoms with Gasteiger partial charge in [-0.2, -0.15) is 5.10 Å². The van der Waals surface area contributed by atoms with E-state index in [1.54, 1.807) is 32.5 Å². The quantitative estimate of drug-likeness (QED) is 0.799. The Kier molecular flexibility index (Phi) is 4.88. The monoisotopic (exact) mass is 283 g/mol. The third kappa shape index (κ3) is 3.57. The highest BCUT2D eigenvalue weighted by atomic mass is 16.5. The molecule has 2 N–H and O–H groups in total. The SMILES string of the molecule is COCC(C)(CC(=O)O)NC(=O)c1c(C)nn(C)c1C. The molecule has 0 saturated carbocycles. The van der Waals surface area contributed by atoms with Crippen molar-refractivity contribution in [2.24, 2.45) is 7.05 Å². The first kappa shape index (κ1) is 16.2. The van der Waals surface area contributed by atoms with Crippen molar-refractivity contribution in [3.63, 3.8) is 0 Å². The van der Waals surface area contributed by atoms with Crippen molar-refractivity contribution in [1.29, 1.82) is 0 Å². The summed E-state index contributed by atoms with van der Waals surface area (Å²) in [6, 6.07) is 0. The Bertz CT molecular complexity index is 524. The Labute approximate surface area is 117 Å². The Morgan fingerprint density at radius 2 is 2.05 bits per heavy atom. The third-order valence-corrected chi connectivity index (χ3v) is 3.16. The summed E-state index contributed by atoms with van der Waals surface area (Å²) < 4.78 is 6.63. The van der Waals surface area contributed by atoms with Gasteiger partial charge >= 0.3 is 5.97 Å². The first-order chi connectivity index (χ1) is 9.20. The molecule has 0 aliphatic rings. The van der Waals surface area contributed by atoms with Gasteiger partial charge in [0.05, 0.1) is 29.8 Å². The van der Waals surface area contributed by atoms with Crippen molar-refractivity contribution < 1.29 is 19.4 Å². The summed E-state index contributed by atoms with van der Waals surface area (Å²) in [5.74, 6) is -1.33. The molecule has 7 nitrogen and oxygen atoms in total. The van der Waals surface area contributed by atoms with Crippen LogP contribution >= 0.6 is 0 Å². The summed E-state index contributed by atoms with van der Waals surface area (Å²) in [7, 11) is 3.22. The third-order valence-electron chi connectivity index (χ3n) is 3.16. The molecule has 0 spiro atoms. The van der Waals surface area contributed by atoms with Crippen molar-refractivity contribution in [3.8, 4) is 0 Å². The maximum absolute atomic E-state index is 12.4. The number of hydrogen-bond acceptors (Lipinski definition) is 4. The van der Waals surface area contributed by atoms with E-state index in [0.717, 1.165) is 5.69 Å². The lowest BCUT2D eigenvalue weighted by molar-refractivity contribution is -0.139. The molecule has 0 aliphatic heterocycles. The standard InChI is InChI=1S/C13H21N3O4/c1-8-11(9(2)16(4)15-8)12(19)14-13(3,7-20-5)6-10(17)18/h6-7H2,1-5H3,(H,14,19)(H,17,18). The number of aliphatic carboxylic acids is 1. The molecule has 20 heavy (non-hydrogen) atoms. The van der Waals surface area contributed by atoms with Crippen molar-refractivity contribution in [3.05, 3.63) is 17.0 Å². The first-order valence-corrected chi connectivity index (χ1v) is 6.23. The van der Waals surface area contributed by atoms with Crippen LogP contribution in [0.3, 0.4) is 0 Å². The van der Waals surface area contributed by atoms with Gasteiger partial charge in [0.2, 0.25) is 0 Å². The fraction of sp³-hybridized carbons (Fsp3) is 0.615. The number of methoxy groups -OCH3 is 1. The second-order valence-electron chi connectivity index (χ2n) is 5.19. The predicted molar refractivity (Wildman–Crippen MR) is 72.7 cm³/mol. The van der Waals surface area contributed by atoms with Gasteiger partial charge in [-0.1, -0.05) is 0 Å². The van der Waals surface area contributed by atoms with Crippen molar-refractivity contribution in [2.75, 3.05) is 13.7 Å². The van der Waals surface area contributed by atoms with Crippen LogP contribution in [0.25, 0.3) is 0 Å². The highest BCUT2D eigenvalue weighted by Crippen LogP contribution is 2.16. The molecule has 0 aromatic carbocycles. The highest BCUT2D eigenvalue weighted by molar-refractivity contribution is 5.97. The average molecular weight is 283 g/mol. The molecular formula is C13H21N3O4. The molecule has 0 saturated heterocycles. The minimum Gasteiger partial charge on any atom is -0.481 e. The van der Waals surface area contributed by atoms with E-state index < -0.39 is 11.5 Å². The zero-order chi connectivity index (χ0) is 15.5. The zero-order valence-corrected chi connectivity index (χ0v) is 12.5. The number of carbonyl (C=O) groups is 2. The highest BCUT2D eigenvalue weighted by Gasteiger charge is 2.31. The zero-order valence-electron chi connectivity index (χ0n) is 12.5. The minimum absolute atomic E-state index is 0.114. The van der Waals surface area contributed by atoms with Crippen molar-refractivity contribution >= 4 is 11.9 Å². The smallest absolute Gasteiger partial charge is 0.305 e. The van der Waals surface area contributed by atoms with Crippen LogP contribution in [-0.4, -0.2) is 46.0 Å². The predicted octanol–water partition coefficient (Wildman–Crippen LogP) is 0.647. The summed E-state index contributed by atoms with van der Waals surface area (Å²) >= 11 is 0. The van der Waals surface area contributed by atoms with Crippen LogP contribution < -0.4 is 5.32 Å². The first-order valence-electron chi connectivity index (χ1n) is 6.23. The second-order valence-corrected chi connectivity index (χ2v) is 5.19. The summed E-state index contributed by atoms with van der Waals surface area (Å²) in [4.78, 5) is 23.3. The number of rotatable bonds is 6. The van der Waals surface area contributed by atoms with Gasteiger partial charge in [-0.3, -0.25) is 14.3 Å². The van der Waals surface area contributed by atoms with E-state index in [9.17, 15) is 9.59 Å². The number of ether oxygens (including phenoxy) is 1. The van der Waals surface area contributed by atoms with E-state index >= 15 is 0 Å². The lowest BCUT2D eigenvalue weighted by Crippen LogP contribution is -2.51. The lowest BCUT2D eigenvalue weighted by Gasteiger charge is -2.28. The van der Waals surface area contributed by atoms with Gasteiger partial charge in [-0.25, -0.2) is 0 Å². The summed E-state index contributed by atoms with van der Waals surface area (Å²) in [5.41, 5.74) is 0.847. The number of amides is 1. The second kappa shape index (κ2) is 6.04. The molecule has 1 rings (SSSR count). The van der Waals surface area contributed by atoms with E-state index in [2.05, 4.69) is 10.4 Å². The van der Waals surface area contributed by atoms with Crippen LogP contribution in [0.15, 0.2) is 0 Å². The molecule has 1 unspecified atom stereocenters. The minimum atomic E-state index is -0.996. The van der Waals surface area contributed by atoms with Crippen molar-refractivity contribution in [2.45, 2.75) is 32.7 Å². The van der Waals surface area contributed by atoms with Gasteiger partial charge in [0, 0.05) is 19.9 Å². The van der Waals surface area contributed by atoms with E-state index in [4.69, 9.17) is 9.84 Å². The largest absolute Gasteiger partial charge is 0.481 e. The maximum Gasteiger partial charge on any atom is 0.305 e. The molecule has 1 heterocycles. The maximum atomic E-state index is 12.4. The molecule has 1 aromatic rings. The van der Waals surface area contributed by atoms with Crippen LogP contribution in [0.2, 0.25) is 0 Å². The molecule has 1 atom stereocenters. The molecule has 0 bridgehead atoms. The van der Waals surface area contributed by atoms with Crippen LogP contribution in [-0.2, 0) is 16.6 Å². The Morgan fingerprint density at radius 3 is 2.45 bits per heavy atom. The van der Waals surface area contributed by atoms with E-state index in [0.29, 0.717) is 11.3 Å². The molecule has 7 heteroatoms. The van der Waals surface area contributed by atoms with E-state index in [1.807, 2.05) is 0 Å². The number of nitrogens with one attached hydrogen (secondary N) is 1. The normalized spacial score (nSPS) is 13.8. The molecule has 0 aliphatic carbocycles. The van der Waals surface area contributed by atoms with E-state index in [1.165, 1.54) is 7.11 Å². The molecule has 112 valence electrons. The van der Waals surface area contributed by atoms with Gasteiger partial charge < -0.3 is 15.2 Å². The van der Waals surface area contributed by atoms with Crippen LogP contribution in [0.4, 0.5) is 0 Å². The van der Waals surface area contributed by atoms with Gasteiger partial charge in [0.1, 0.15) is 0 Å². The van der Waals surface area contributed by atoms with E-state index in [-0.39, 0.29) is 18.9 Å². The van der Waals surface area contributed by atoms with Gasteiger partial charge in [-0.15, -0.1) is 0 Å². The number of carboxylic acid groups (broad SMARTS) is 1. The summed E-state index contributed by atoms with van der Waals surface area (Å²) in [5, 5.41) is 15.9. The van der Waals surface area contributed by atoms with Crippen LogP contribution in [0, 0.1) is 13.8 Å². The summed E-state index contributed by atoms with van der Waals surface area (Å²) in [6.45, 7) is 5.29. The molecule has 0 fully saturated rings. The number of carbonyl (C=O) groups excluding carboxylic acids is 1. The Balaban J connectivity index is 2.99. The average Bonchev–Trinajstić information content (AvgIpc) is 2.51. The van der Waals surface area contributed by atoms with Crippen LogP contribution in [0.5, 0.6) is 0 Å². The number of hydrogen-bond donors (Lipinski definition) is 2. The molecule has 1 aromatic heterocycles. The van der Waals surface area contributed by atoms with Crippen molar-refractivity contribution in [1.82, 2.24) is 15.1 Å². The summed E-state index contributed by atoms with van der Waals surface area (Å²) in [6.07, 6.45) is -0.217. The lowest BCUT2D eigenvalue weighted by atomic mass is 9.98. The number of carboxylic acids is 1. The van der Waals surface area contributed by atoms with Crippen LogP contribution in [0.1, 0.15) is 35.1 Å². The number of aromatic nitrogens is 2. The Hall–Kier alpha value is -1.89.